The van der Waals surface area contributed by atoms with Crippen LogP contribution in [0.15, 0.2) is 30.3 Å². The van der Waals surface area contributed by atoms with Gasteiger partial charge in [-0.25, -0.2) is 4.79 Å². The number of hydrogen-bond acceptors (Lipinski definition) is 3. The first kappa shape index (κ1) is 17.4. The van der Waals surface area contributed by atoms with Crippen LogP contribution in [0.25, 0.3) is 0 Å². The third-order valence-corrected chi connectivity index (χ3v) is 3.78. The van der Waals surface area contributed by atoms with Gasteiger partial charge in [0.05, 0.1) is 0 Å². The fourth-order valence-electron chi connectivity index (χ4n) is 1.48. The van der Waals surface area contributed by atoms with E-state index in [1.807, 2.05) is 0 Å². The lowest BCUT2D eigenvalue weighted by Crippen LogP contribution is -2.54. The zero-order valence-electron chi connectivity index (χ0n) is 10.8. The van der Waals surface area contributed by atoms with Crippen LogP contribution in [0.4, 0.5) is 13.2 Å². The Labute approximate surface area is 119 Å². The summed E-state index contributed by atoms with van der Waals surface area (Å²) in [5, 5.41) is 9.20. The summed E-state index contributed by atoms with van der Waals surface area (Å²) < 4.78 is 62.2. The highest BCUT2D eigenvalue weighted by Crippen LogP contribution is 2.22. The van der Waals surface area contributed by atoms with E-state index in [0.717, 1.165) is 6.92 Å². The van der Waals surface area contributed by atoms with Crippen LogP contribution in [-0.2, 0) is 20.5 Å². The van der Waals surface area contributed by atoms with E-state index in [0.29, 0.717) is 0 Å². The molecule has 0 heterocycles. The van der Waals surface area contributed by atoms with Gasteiger partial charge in [-0.15, -0.1) is 0 Å². The lowest BCUT2D eigenvalue weighted by Gasteiger charge is -2.26. The average Bonchev–Trinajstić information content (AvgIpc) is 2.36. The highest BCUT2D eigenvalue weighted by atomic mass is 32.2. The summed E-state index contributed by atoms with van der Waals surface area (Å²) in [6.45, 7) is -0.760. The number of aliphatic carboxylic acids is 1. The molecule has 1 unspecified atom stereocenters. The maximum absolute atomic E-state index is 12.0. The molecule has 0 aliphatic carbocycles. The van der Waals surface area contributed by atoms with Crippen LogP contribution in [-0.4, -0.2) is 32.2 Å². The monoisotopic (exact) mass is 326 g/mol. The number of benzene rings is 1. The van der Waals surface area contributed by atoms with Crippen molar-refractivity contribution < 1.29 is 31.5 Å². The highest BCUT2D eigenvalue weighted by molar-refractivity contribution is 7.87. The summed E-state index contributed by atoms with van der Waals surface area (Å²) in [5.74, 6) is -1.55. The fraction of sp³-hybridized carbons (Fsp3) is 0.364. The van der Waals surface area contributed by atoms with Gasteiger partial charge in [-0.2, -0.15) is 31.0 Å². The van der Waals surface area contributed by atoms with Crippen molar-refractivity contribution in [3.63, 3.8) is 0 Å². The molecule has 0 saturated carbocycles. The summed E-state index contributed by atoms with van der Waals surface area (Å²) in [6.07, 6.45) is -4.75. The Morgan fingerprint density at radius 2 is 1.76 bits per heavy atom. The van der Waals surface area contributed by atoms with Crippen molar-refractivity contribution in [1.82, 2.24) is 9.44 Å². The molecule has 3 N–H and O–H groups in total. The quantitative estimate of drug-likeness (QED) is 0.726. The summed E-state index contributed by atoms with van der Waals surface area (Å²) in [6, 6.07) is 7.24. The smallest absolute Gasteiger partial charge is 0.402 e. The third-order valence-electron chi connectivity index (χ3n) is 2.58. The second kappa shape index (κ2) is 6.00. The molecule has 10 heteroatoms. The van der Waals surface area contributed by atoms with Gasteiger partial charge < -0.3 is 5.11 Å². The molecule has 21 heavy (non-hydrogen) atoms. The van der Waals surface area contributed by atoms with E-state index in [1.165, 1.54) is 29.0 Å². The molecule has 0 spiro atoms. The molecule has 1 aromatic carbocycles. The van der Waals surface area contributed by atoms with Crippen LogP contribution in [0.1, 0.15) is 12.5 Å². The average molecular weight is 326 g/mol. The van der Waals surface area contributed by atoms with Crippen molar-refractivity contribution in [1.29, 1.82) is 0 Å². The number of halogens is 3. The van der Waals surface area contributed by atoms with Crippen LogP contribution >= 0.6 is 0 Å². The molecule has 0 aliphatic heterocycles. The van der Waals surface area contributed by atoms with E-state index in [4.69, 9.17) is 0 Å². The van der Waals surface area contributed by atoms with Crippen LogP contribution in [0.3, 0.4) is 0 Å². The molecule has 0 radical (unpaired) electrons. The lowest BCUT2D eigenvalue weighted by atomic mass is 9.94. The summed E-state index contributed by atoms with van der Waals surface area (Å²) in [5.41, 5.74) is -2.02. The van der Waals surface area contributed by atoms with E-state index < -0.39 is 34.4 Å². The first-order valence-corrected chi connectivity index (χ1v) is 7.09. The van der Waals surface area contributed by atoms with E-state index in [-0.39, 0.29) is 5.56 Å². The Morgan fingerprint density at radius 1 is 1.24 bits per heavy atom. The molecule has 0 saturated heterocycles. The summed E-state index contributed by atoms with van der Waals surface area (Å²) in [7, 11) is -4.67. The molecular weight excluding hydrogens is 313 g/mol. The Kier molecular flexibility index (Phi) is 4.97. The molecule has 0 bridgehead atoms. The molecule has 0 aromatic heterocycles. The second-order valence-corrected chi connectivity index (χ2v) is 5.84. The predicted molar refractivity (Wildman–Crippen MR) is 67.5 cm³/mol. The SMILES string of the molecule is CC(NS(=O)(=O)NCC(F)(F)F)(C(=O)O)c1ccccc1. The Balaban J connectivity index is 3.02. The van der Waals surface area contributed by atoms with Gasteiger partial charge in [0.15, 0.2) is 5.54 Å². The van der Waals surface area contributed by atoms with Crippen molar-refractivity contribution in [3.8, 4) is 0 Å². The molecule has 0 amide bonds. The molecule has 0 aliphatic rings. The minimum Gasteiger partial charge on any atom is -0.480 e. The van der Waals surface area contributed by atoms with Crippen molar-refractivity contribution >= 4 is 16.2 Å². The highest BCUT2D eigenvalue weighted by Gasteiger charge is 2.40. The van der Waals surface area contributed by atoms with Crippen molar-refractivity contribution in [3.05, 3.63) is 35.9 Å². The first-order chi connectivity index (χ1) is 9.46. The van der Waals surface area contributed by atoms with E-state index >= 15 is 0 Å². The number of carbonyl (C=O) groups is 1. The van der Waals surface area contributed by atoms with E-state index in [1.54, 1.807) is 10.8 Å². The largest absolute Gasteiger partial charge is 0.480 e. The zero-order chi connectivity index (χ0) is 16.3. The Hall–Kier alpha value is -1.65. The molecule has 0 fully saturated rings. The number of carboxylic acids is 1. The van der Waals surface area contributed by atoms with Gasteiger partial charge >= 0.3 is 12.1 Å². The third kappa shape index (κ3) is 4.99. The minimum absolute atomic E-state index is 0.0786. The van der Waals surface area contributed by atoms with Gasteiger partial charge in [-0.1, -0.05) is 30.3 Å². The maximum atomic E-state index is 12.0. The Bertz CT molecular complexity index is 604. The standard InChI is InChI=1S/C11H13F3N2O4S/c1-10(9(17)18,8-5-3-2-4-6-8)16-21(19,20)15-7-11(12,13)14/h2-6,15-16H,7H2,1H3,(H,17,18). The normalized spacial score (nSPS) is 15.4. The molecule has 1 aromatic rings. The summed E-state index contributed by atoms with van der Waals surface area (Å²) in [4.78, 5) is 11.3. The van der Waals surface area contributed by atoms with Crippen molar-refractivity contribution in [2.75, 3.05) is 6.54 Å². The Morgan fingerprint density at radius 3 is 2.19 bits per heavy atom. The maximum Gasteiger partial charge on any atom is 0.402 e. The molecule has 1 atom stereocenters. The topological polar surface area (TPSA) is 95.5 Å². The number of nitrogens with one attached hydrogen (secondary N) is 2. The van der Waals surface area contributed by atoms with Crippen LogP contribution < -0.4 is 9.44 Å². The van der Waals surface area contributed by atoms with E-state index in [9.17, 15) is 31.5 Å². The number of carboxylic acid groups (broad SMARTS) is 1. The fourth-order valence-corrected chi connectivity index (χ4v) is 2.65. The van der Waals surface area contributed by atoms with Gasteiger partial charge in [0, 0.05) is 0 Å². The van der Waals surface area contributed by atoms with Gasteiger partial charge in [-0.05, 0) is 12.5 Å². The van der Waals surface area contributed by atoms with Crippen molar-refractivity contribution in [2.24, 2.45) is 0 Å². The second-order valence-electron chi connectivity index (χ2n) is 4.34. The van der Waals surface area contributed by atoms with Crippen LogP contribution in [0.5, 0.6) is 0 Å². The minimum atomic E-state index is -4.75. The van der Waals surface area contributed by atoms with E-state index in [2.05, 4.69) is 0 Å². The van der Waals surface area contributed by atoms with Gasteiger partial charge in [-0.3, -0.25) is 0 Å². The first-order valence-electron chi connectivity index (χ1n) is 5.60. The van der Waals surface area contributed by atoms with Gasteiger partial charge in [0.1, 0.15) is 6.54 Å². The van der Waals surface area contributed by atoms with Crippen LogP contribution in [0, 0.1) is 0 Å². The number of alkyl halides is 3. The van der Waals surface area contributed by atoms with Crippen molar-refractivity contribution in [2.45, 2.75) is 18.6 Å². The van der Waals surface area contributed by atoms with Gasteiger partial charge in [0.25, 0.3) is 10.2 Å². The number of rotatable bonds is 6. The van der Waals surface area contributed by atoms with Crippen LogP contribution in [0.2, 0.25) is 0 Å². The molecule has 118 valence electrons. The molecule has 6 nitrogen and oxygen atoms in total. The predicted octanol–water partition coefficient (Wildman–Crippen LogP) is 0.973. The van der Waals surface area contributed by atoms with Gasteiger partial charge in [0.2, 0.25) is 0 Å². The molecular formula is C11H13F3N2O4S. The number of hydrogen-bond donors (Lipinski definition) is 3. The summed E-state index contributed by atoms with van der Waals surface area (Å²) >= 11 is 0. The molecule has 1 rings (SSSR count). The lowest BCUT2D eigenvalue weighted by molar-refractivity contribution is -0.143. The zero-order valence-corrected chi connectivity index (χ0v) is 11.6.